The molecule has 2 N–H and O–H groups in total. The monoisotopic (exact) mass is 214 g/mol. The zero-order chi connectivity index (χ0) is 11.7. The Bertz CT molecular complexity index is 169. The van der Waals surface area contributed by atoms with Crippen molar-refractivity contribution in [3.8, 4) is 0 Å². The van der Waals surface area contributed by atoms with Crippen molar-refractivity contribution in [1.29, 1.82) is 0 Å². The van der Waals surface area contributed by atoms with E-state index in [9.17, 15) is 4.79 Å². The highest BCUT2D eigenvalue weighted by molar-refractivity contribution is 5.74. The summed E-state index contributed by atoms with van der Waals surface area (Å²) in [5.74, 6) is 0.506. The van der Waals surface area contributed by atoms with Gasteiger partial charge in [0.25, 0.3) is 0 Å². The summed E-state index contributed by atoms with van der Waals surface area (Å²) in [7, 11) is 0. The lowest BCUT2D eigenvalue weighted by Crippen LogP contribution is -2.42. The van der Waals surface area contributed by atoms with Crippen LogP contribution in [0.3, 0.4) is 0 Å². The van der Waals surface area contributed by atoms with Crippen LogP contribution in [-0.4, -0.2) is 18.6 Å². The fourth-order valence-electron chi connectivity index (χ4n) is 1.34. The summed E-state index contributed by atoms with van der Waals surface area (Å²) in [5.41, 5.74) is 0. The van der Waals surface area contributed by atoms with Crippen LogP contribution in [-0.2, 0) is 0 Å². The second-order valence-electron chi connectivity index (χ2n) is 4.65. The van der Waals surface area contributed by atoms with Gasteiger partial charge in [-0.05, 0) is 19.3 Å². The van der Waals surface area contributed by atoms with Crippen molar-refractivity contribution < 1.29 is 4.79 Å². The number of carbonyl (C=O) groups excluding carboxylic acids is 1. The first kappa shape index (κ1) is 14.3. The van der Waals surface area contributed by atoms with E-state index in [0.717, 1.165) is 13.0 Å². The van der Waals surface area contributed by atoms with Crippen LogP contribution in [0.15, 0.2) is 0 Å². The van der Waals surface area contributed by atoms with E-state index in [-0.39, 0.29) is 12.1 Å². The summed E-state index contributed by atoms with van der Waals surface area (Å²) >= 11 is 0. The maximum atomic E-state index is 11.4. The summed E-state index contributed by atoms with van der Waals surface area (Å²) in [4.78, 5) is 11.4. The molecule has 0 fully saturated rings. The molecule has 0 heterocycles. The zero-order valence-electron chi connectivity index (χ0n) is 10.6. The van der Waals surface area contributed by atoms with Crippen molar-refractivity contribution in [2.24, 2.45) is 5.92 Å². The topological polar surface area (TPSA) is 41.1 Å². The fraction of sp³-hybridized carbons (Fsp3) is 0.917. The average Bonchev–Trinajstić information content (AvgIpc) is 2.15. The molecule has 90 valence electrons. The van der Waals surface area contributed by atoms with Crippen molar-refractivity contribution in [2.75, 3.05) is 6.54 Å². The lowest BCUT2D eigenvalue weighted by Gasteiger charge is -2.15. The van der Waals surface area contributed by atoms with Gasteiger partial charge in [0.15, 0.2) is 0 Å². The first-order valence-electron chi connectivity index (χ1n) is 6.10. The number of hydrogen-bond donors (Lipinski definition) is 2. The Balaban J connectivity index is 3.49. The molecule has 0 radical (unpaired) electrons. The third kappa shape index (κ3) is 9.57. The van der Waals surface area contributed by atoms with Crippen LogP contribution in [0.5, 0.6) is 0 Å². The van der Waals surface area contributed by atoms with E-state index in [1.54, 1.807) is 0 Å². The molecule has 0 aromatic rings. The molecule has 1 atom stereocenters. The summed E-state index contributed by atoms with van der Waals surface area (Å²) in [5, 5.41) is 5.80. The molecule has 2 amide bonds. The van der Waals surface area contributed by atoms with Crippen molar-refractivity contribution in [3.05, 3.63) is 0 Å². The molecule has 0 rings (SSSR count). The highest BCUT2D eigenvalue weighted by Crippen LogP contribution is 2.02. The van der Waals surface area contributed by atoms with E-state index in [1.807, 2.05) is 0 Å². The summed E-state index contributed by atoms with van der Waals surface area (Å²) < 4.78 is 0. The normalized spacial score (nSPS) is 12.6. The molecular formula is C12H26N2O. The van der Waals surface area contributed by atoms with E-state index in [1.165, 1.54) is 19.3 Å². The molecule has 0 aliphatic heterocycles. The molecule has 3 heteroatoms. The van der Waals surface area contributed by atoms with Crippen molar-refractivity contribution >= 4 is 6.03 Å². The van der Waals surface area contributed by atoms with Crippen molar-refractivity contribution in [2.45, 2.75) is 59.4 Å². The molecule has 0 saturated heterocycles. The van der Waals surface area contributed by atoms with Crippen molar-refractivity contribution in [1.82, 2.24) is 10.6 Å². The first-order valence-corrected chi connectivity index (χ1v) is 6.10. The Kier molecular flexibility index (Phi) is 8.15. The second-order valence-corrected chi connectivity index (χ2v) is 4.65. The lowest BCUT2D eigenvalue weighted by atomic mass is 10.1. The SMILES string of the molecule is CCCCC[C@H](C)NC(=O)NCC(C)C. The van der Waals surface area contributed by atoms with Gasteiger partial charge in [0.1, 0.15) is 0 Å². The first-order chi connectivity index (χ1) is 7.06. The maximum Gasteiger partial charge on any atom is 0.315 e. The number of carbonyl (C=O) groups is 1. The molecule has 0 aliphatic rings. The predicted octanol–water partition coefficient (Wildman–Crippen LogP) is 2.91. The van der Waals surface area contributed by atoms with Gasteiger partial charge in [0.2, 0.25) is 0 Å². The molecule has 0 bridgehead atoms. The Morgan fingerprint density at radius 3 is 2.40 bits per heavy atom. The van der Waals surface area contributed by atoms with Gasteiger partial charge in [-0.3, -0.25) is 0 Å². The molecule has 0 unspecified atom stereocenters. The number of hydrogen-bond acceptors (Lipinski definition) is 1. The van der Waals surface area contributed by atoms with Crippen LogP contribution in [0.25, 0.3) is 0 Å². The fourth-order valence-corrected chi connectivity index (χ4v) is 1.34. The minimum atomic E-state index is -0.0345. The Morgan fingerprint density at radius 2 is 1.87 bits per heavy atom. The maximum absolute atomic E-state index is 11.4. The van der Waals surface area contributed by atoms with E-state index in [2.05, 4.69) is 38.3 Å². The van der Waals surface area contributed by atoms with Gasteiger partial charge >= 0.3 is 6.03 Å². The van der Waals surface area contributed by atoms with E-state index in [4.69, 9.17) is 0 Å². The molecule has 0 saturated carbocycles. The number of nitrogens with one attached hydrogen (secondary N) is 2. The zero-order valence-corrected chi connectivity index (χ0v) is 10.6. The molecule has 0 aliphatic carbocycles. The Morgan fingerprint density at radius 1 is 1.20 bits per heavy atom. The number of urea groups is 1. The van der Waals surface area contributed by atoms with E-state index < -0.39 is 0 Å². The predicted molar refractivity (Wildman–Crippen MR) is 65.0 cm³/mol. The third-order valence-electron chi connectivity index (χ3n) is 2.29. The van der Waals surface area contributed by atoms with Crippen LogP contribution < -0.4 is 10.6 Å². The molecular weight excluding hydrogens is 188 g/mol. The molecule has 0 spiro atoms. The van der Waals surface area contributed by atoms with E-state index in [0.29, 0.717) is 5.92 Å². The van der Waals surface area contributed by atoms with Gasteiger partial charge in [-0.15, -0.1) is 0 Å². The van der Waals surface area contributed by atoms with Crippen LogP contribution in [0.1, 0.15) is 53.4 Å². The smallest absolute Gasteiger partial charge is 0.315 e. The van der Waals surface area contributed by atoms with Crippen LogP contribution in [0.2, 0.25) is 0 Å². The average molecular weight is 214 g/mol. The van der Waals surface area contributed by atoms with Gasteiger partial charge in [-0.25, -0.2) is 4.79 Å². The summed E-state index contributed by atoms with van der Waals surface area (Å²) in [6, 6.07) is 0.247. The van der Waals surface area contributed by atoms with Crippen LogP contribution in [0, 0.1) is 5.92 Å². The number of unbranched alkanes of at least 4 members (excludes halogenated alkanes) is 2. The molecule has 0 aromatic heterocycles. The van der Waals surface area contributed by atoms with Gasteiger partial charge in [0.05, 0.1) is 0 Å². The second kappa shape index (κ2) is 8.57. The summed E-state index contributed by atoms with van der Waals surface area (Å²) in [6.07, 6.45) is 4.75. The van der Waals surface area contributed by atoms with E-state index >= 15 is 0 Å². The van der Waals surface area contributed by atoms with Crippen molar-refractivity contribution in [3.63, 3.8) is 0 Å². The highest BCUT2D eigenvalue weighted by Gasteiger charge is 2.06. The molecule has 15 heavy (non-hydrogen) atoms. The lowest BCUT2D eigenvalue weighted by molar-refractivity contribution is 0.235. The van der Waals surface area contributed by atoms with Crippen LogP contribution >= 0.6 is 0 Å². The number of rotatable bonds is 7. The third-order valence-corrected chi connectivity index (χ3v) is 2.29. The van der Waals surface area contributed by atoms with Gasteiger partial charge in [0, 0.05) is 12.6 Å². The minimum Gasteiger partial charge on any atom is -0.338 e. The van der Waals surface area contributed by atoms with Gasteiger partial charge in [-0.2, -0.15) is 0 Å². The summed E-state index contributed by atoms with van der Waals surface area (Å²) in [6.45, 7) is 9.17. The molecule has 0 aromatic carbocycles. The Hall–Kier alpha value is -0.730. The largest absolute Gasteiger partial charge is 0.338 e. The standard InChI is InChI=1S/C12H26N2O/c1-5-6-7-8-11(4)14-12(15)13-9-10(2)3/h10-11H,5-9H2,1-4H3,(H2,13,14,15)/t11-/m0/s1. The number of amides is 2. The van der Waals surface area contributed by atoms with Gasteiger partial charge < -0.3 is 10.6 Å². The van der Waals surface area contributed by atoms with Gasteiger partial charge in [-0.1, -0.05) is 40.0 Å². The highest BCUT2D eigenvalue weighted by atomic mass is 16.2. The van der Waals surface area contributed by atoms with Crippen LogP contribution in [0.4, 0.5) is 4.79 Å². The Labute approximate surface area is 94.0 Å². The quantitative estimate of drug-likeness (QED) is 0.629. The molecule has 3 nitrogen and oxygen atoms in total. The minimum absolute atomic E-state index is 0.0345.